The molecular formula is C22H23N5O. The zero-order valence-electron chi connectivity index (χ0n) is 15.9. The molecule has 1 amide bonds. The lowest BCUT2D eigenvalue weighted by atomic mass is 10.2. The van der Waals surface area contributed by atoms with E-state index >= 15 is 0 Å². The van der Waals surface area contributed by atoms with Gasteiger partial charge in [-0.15, -0.1) is 0 Å². The molecule has 28 heavy (non-hydrogen) atoms. The topological polar surface area (TPSA) is 61.4 Å². The van der Waals surface area contributed by atoms with Gasteiger partial charge in [0.15, 0.2) is 0 Å². The van der Waals surface area contributed by atoms with Crippen LogP contribution < -0.4 is 15.1 Å². The second kappa shape index (κ2) is 8.08. The minimum Gasteiger partial charge on any atom is -0.367 e. The van der Waals surface area contributed by atoms with Crippen LogP contribution in [0.1, 0.15) is 16.1 Å². The van der Waals surface area contributed by atoms with E-state index in [1.165, 1.54) is 0 Å². The number of anilines is 3. The van der Waals surface area contributed by atoms with Crippen molar-refractivity contribution in [3.63, 3.8) is 0 Å². The molecule has 0 bridgehead atoms. The number of amides is 1. The van der Waals surface area contributed by atoms with E-state index in [4.69, 9.17) is 0 Å². The number of hydrogen-bond donors (Lipinski definition) is 1. The van der Waals surface area contributed by atoms with Crippen molar-refractivity contribution in [2.75, 3.05) is 41.3 Å². The number of benzene rings is 1. The number of rotatable bonds is 4. The largest absolute Gasteiger partial charge is 0.367 e. The summed E-state index contributed by atoms with van der Waals surface area (Å²) in [6.45, 7) is 5.63. The standard InChI is InChI=1S/C22H23N5O/c1-17-5-7-18(8-6-17)25-22(28)20-10-9-19(16-24-20)26-12-14-27(15-13-26)21-4-2-3-11-23-21/h2-11,16H,12-15H2,1H3,(H,25,28). The van der Waals surface area contributed by atoms with E-state index in [9.17, 15) is 4.79 Å². The summed E-state index contributed by atoms with van der Waals surface area (Å²) in [5, 5.41) is 2.88. The van der Waals surface area contributed by atoms with Gasteiger partial charge in [0.05, 0.1) is 11.9 Å². The van der Waals surface area contributed by atoms with Crippen molar-refractivity contribution in [3.05, 3.63) is 78.2 Å². The molecule has 3 heterocycles. The summed E-state index contributed by atoms with van der Waals surface area (Å²) >= 11 is 0. The third-order valence-corrected chi connectivity index (χ3v) is 4.91. The Morgan fingerprint density at radius 1 is 0.893 bits per heavy atom. The van der Waals surface area contributed by atoms with Crippen LogP contribution in [-0.4, -0.2) is 42.1 Å². The van der Waals surface area contributed by atoms with Crippen molar-refractivity contribution >= 4 is 23.1 Å². The van der Waals surface area contributed by atoms with Crippen molar-refractivity contribution in [2.24, 2.45) is 0 Å². The summed E-state index contributed by atoms with van der Waals surface area (Å²) in [6.07, 6.45) is 3.60. The molecule has 1 aromatic carbocycles. The number of carbonyl (C=O) groups is 1. The normalized spacial score (nSPS) is 14.0. The van der Waals surface area contributed by atoms with E-state index in [1.54, 1.807) is 12.3 Å². The van der Waals surface area contributed by atoms with E-state index < -0.39 is 0 Å². The number of nitrogens with one attached hydrogen (secondary N) is 1. The smallest absolute Gasteiger partial charge is 0.274 e. The van der Waals surface area contributed by atoms with Crippen LogP contribution >= 0.6 is 0 Å². The SMILES string of the molecule is Cc1ccc(NC(=O)c2ccc(N3CCN(c4ccccn4)CC3)cn2)cc1. The monoisotopic (exact) mass is 373 g/mol. The van der Waals surface area contributed by atoms with Crippen LogP contribution in [0.4, 0.5) is 17.2 Å². The molecule has 0 aliphatic carbocycles. The summed E-state index contributed by atoms with van der Waals surface area (Å²) in [7, 11) is 0. The van der Waals surface area contributed by atoms with E-state index in [0.29, 0.717) is 5.69 Å². The predicted molar refractivity (Wildman–Crippen MR) is 112 cm³/mol. The lowest BCUT2D eigenvalue weighted by Gasteiger charge is -2.36. The van der Waals surface area contributed by atoms with Crippen LogP contribution in [0.5, 0.6) is 0 Å². The second-order valence-electron chi connectivity index (χ2n) is 6.88. The lowest BCUT2D eigenvalue weighted by Crippen LogP contribution is -2.46. The van der Waals surface area contributed by atoms with E-state index in [-0.39, 0.29) is 5.91 Å². The first-order valence-electron chi connectivity index (χ1n) is 9.44. The lowest BCUT2D eigenvalue weighted by molar-refractivity contribution is 0.102. The highest BCUT2D eigenvalue weighted by Crippen LogP contribution is 2.19. The van der Waals surface area contributed by atoms with Crippen molar-refractivity contribution in [2.45, 2.75) is 6.92 Å². The van der Waals surface area contributed by atoms with Gasteiger partial charge in [0.25, 0.3) is 5.91 Å². The Balaban J connectivity index is 1.36. The Hall–Kier alpha value is -3.41. The molecule has 2 aromatic heterocycles. The Bertz CT molecular complexity index is 917. The molecule has 0 saturated carbocycles. The molecule has 0 unspecified atom stereocenters. The fourth-order valence-electron chi connectivity index (χ4n) is 3.27. The molecule has 1 fully saturated rings. The zero-order valence-corrected chi connectivity index (χ0v) is 15.9. The van der Waals surface area contributed by atoms with Crippen LogP contribution in [-0.2, 0) is 0 Å². The second-order valence-corrected chi connectivity index (χ2v) is 6.88. The van der Waals surface area contributed by atoms with Crippen molar-refractivity contribution in [3.8, 4) is 0 Å². The van der Waals surface area contributed by atoms with Crippen LogP contribution in [0.15, 0.2) is 67.0 Å². The van der Waals surface area contributed by atoms with Gasteiger partial charge in [0.2, 0.25) is 0 Å². The molecule has 0 atom stereocenters. The average molecular weight is 373 g/mol. The zero-order chi connectivity index (χ0) is 19.3. The first-order chi connectivity index (χ1) is 13.7. The van der Waals surface area contributed by atoms with Crippen LogP contribution in [0.3, 0.4) is 0 Å². The summed E-state index contributed by atoms with van der Waals surface area (Å²) in [5.74, 6) is 0.818. The van der Waals surface area contributed by atoms with E-state index in [2.05, 4.69) is 25.1 Å². The third kappa shape index (κ3) is 4.11. The van der Waals surface area contributed by atoms with Crippen molar-refractivity contribution in [1.29, 1.82) is 0 Å². The van der Waals surface area contributed by atoms with Crippen molar-refractivity contribution < 1.29 is 4.79 Å². The van der Waals surface area contributed by atoms with Gasteiger partial charge in [0, 0.05) is 38.1 Å². The minimum absolute atomic E-state index is 0.199. The number of carbonyl (C=O) groups excluding carboxylic acids is 1. The molecule has 6 nitrogen and oxygen atoms in total. The van der Waals surface area contributed by atoms with E-state index in [0.717, 1.165) is 48.9 Å². The fraction of sp³-hybridized carbons (Fsp3) is 0.227. The molecule has 1 N–H and O–H groups in total. The van der Waals surface area contributed by atoms with Crippen LogP contribution in [0.2, 0.25) is 0 Å². The molecule has 1 saturated heterocycles. The molecule has 1 aliphatic heterocycles. The Morgan fingerprint density at radius 2 is 1.64 bits per heavy atom. The highest BCUT2D eigenvalue weighted by molar-refractivity contribution is 6.02. The maximum atomic E-state index is 12.4. The molecule has 4 rings (SSSR count). The van der Waals surface area contributed by atoms with Gasteiger partial charge in [-0.3, -0.25) is 4.79 Å². The molecule has 0 spiro atoms. The number of nitrogens with zero attached hydrogens (tertiary/aromatic N) is 4. The highest BCUT2D eigenvalue weighted by Gasteiger charge is 2.18. The molecule has 1 aliphatic rings. The third-order valence-electron chi connectivity index (χ3n) is 4.91. The van der Waals surface area contributed by atoms with Crippen molar-refractivity contribution in [1.82, 2.24) is 9.97 Å². The van der Waals surface area contributed by atoms with Gasteiger partial charge in [-0.25, -0.2) is 9.97 Å². The predicted octanol–water partition coefficient (Wildman–Crippen LogP) is 3.36. The number of aromatic nitrogens is 2. The Kier molecular flexibility index (Phi) is 5.19. The maximum Gasteiger partial charge on any atom is 0.274 e. The van der Waals surface area contributed by atoms with E-state index in [1.807, 2.05) is 61.7 Å². The summed E-state index contributed by atoms with van der Waals surface area (Å²) in [6, 6.07) is 17.5. The first-order valence-corrected chi connectivity index (χ1v) is 9.44. The summed E-state index contributed by atoms with van der Waals surface area (Å²) in [5.41, 5.74) is 3.37. The first kappa shape index (κ1) is 18.0. The van der Waals surface area contributed by atoms with Gasteiger partial charge < -0.3 is 15.1 Å². The molecule has 3 aromatic rings. The summed E-state index contributed by atoms with van der Waals surface area (Å²) in [4.78, 5) is 25.7. The molecular weight excluding hydrogens is 350 g/mol. The molecule has 142 valence electrons. The Morgan fingerprint density at radius 3 is 2.29 bits per heavy atom. The highest BCUT2D eigenvalue weighted by atomic mass is 16.1. The van der Waals surface area contributed by atoms with Crippen LogP contribution in [0, 0.1) is 6.92 Å². The summed E-state index contributed by atoms with van der Waals surface area (Å²) < 4.78 is 0. The van der Waals surface area contributed by atoms with Gasteiger partial charge in [-0.05, 0) is 43.3 Å². The number of piperazine rings is 1. The molecule has 0 radical (unpaired) electrons. The minimum atomic E-state index is -0.199. The number of pyridine rings is 2. The quantitative estimate of drug-likeness (QED) is 0.760. The molecule has 6 heteroatoms. The van der Waals surface area contributed by atoms with Gasteiger partial charge in [0.1, 0.15) is 11.5 Å². The maximum absolute atomic E-state index is 12.4. The fourth-order valence-corrected chi connectivity index (χ4v) is 3.27. The number of aryl methyl sites for hydroxylation is 1. The van der Waals surface area contributed by atoms with Crippen LogP contribution in [0.25, 0.3) is 0 Å². The van der Waals surface area contributed by atoms with Gasteiger partial charge >= 0.3 is 0 Å². The Labute approximate surface area is 164 Å². The van der Waals surface area contributed by atoms with Gasteiger partial charge in [-0.1, -0.05) is 23.8 Å². The average Bonchev–Trinajstić information content (AvgIpc) is 2.76. The number of hydrogen-bond acceptors (Lipinski definition) is 5. The van der Waals surface area contributed by atoms with Gasteiger partial charge in [-0.2, -0.15) is 0 Å².